The van der Waals surface area contributed by atoms with Gasteiger partial charge in [-0.1, -0.05) is 6.07 Å². The zero-order valence-corrected chi connectivity index (χ0v) is 10.8. The average Bonchev–Trinajstić information content (AvgIpc) is 2.84. The summed E-state index contributed by atoms with van der Waals surface area (Å²) in [6, 6.07) is 9.23. The molecule has 0 amide bonds. The van der Waals surface area contributed by atoms with Gasteiger partial charge in [-0.25, -0.2) is 9.18 Å². The van der Waals surface area contributed by atoms with Crippen LogP contribution in [0.3, 0.4) is 0 Å². The number of benzene rings is 1. The lowest BCUT2D eigenvalue weighted by Crippen LogP contribution is -1.97. The molecule has 20 heavy (non-hydrogen) atoms. The van der Waals surface area contributed by atoms with Gasteiger partial charge in [0.1, 0.15) is 5.82 Å². The molecule has 0 saturated carbocycles. The molecule has 1 aromatic carbocycles. The smallest absolute Gasteiger partial charge is 0.335 e. The van der Waals surface area contributed by atoms with Crippen molar-refractivity contribution in [3.63, 3.8) is 0 Å². The van der Waals surface area contributed by atoms with Crippen LogP contribution in [-0.4, -0.2) is 25.7 Å². The summed E-state index contributed by atoms with van der Waals surface area (Å²) in [5.41, 5.74) is 0.579. The molecule has 100 valence electrons. The van der Waals surface area contributed by atoms with Gasteiger partial charge in [0.15, 0.2) is 5.65 Å². The van der Waals surface area contributed by atoms with Gasteiger partial charge in [0.25, 0.3) is 0 Å². The van der Waals surface area contributed by atoms with Gasteiger partial charge < -0.3 is 5.11 Å². The van der Waals surface area contributed by atoms with E-state index in [1.165, 1.54) is 12.1 Å². The lowest BCUT2D eigenvalue weighted by Gasteiger charge is -2.02. The maximum Gasteiger partial charge on any atom is 0.335 e. The second-order valence-electron chi connectivity index (χ2n) is 3.96. The molecule has 3 rings (SSSR count). The number of carbonyl (C=O) groups is 1. The Hall–Kier alpha value is -2.41. The standard InChI is InChI=1S/C13H8FN3O2S/c14-9-7-8(12(18)19)4-5-10(9)20-13-16-15-11-3-1-2-6-17(11)13/h1-7H,(H,18,19). The van der Waals surface area contributed by atoms with Crippen LogP contribution in [0.25, 0.3) is 5.65 Å². The van der Waals surface area contributed by atoms with Crippen LogP contribution in [0.1, 0.15) is 10.4 Å². The molecule has 3 aromatic rings. The highest BCUT2D eigenvalue weighted by Crippen LogP contribution is 2.29. The van der Waals surface area contributed by atoms with E-state index in [-0.39, 0.29) is 5.56 Å². The van der Waals surface area contributed by atoms with Crippen molar-refractivity contribution in [1.82, 2.24) is 14.6 Å². The summed E-state index contributed by atoms with van der Waals surface area (Å²) in [6.45, 7) is 0. The molecular weight excluding hydrogens is 281 g/mol. The van der Waals surface area contributed by atoms with Crippen LogP contribution in [0.2, 0.25) is 0 Å². The summed E-state index contributed by atoms with van der Waals surface area (Å²) in [5.74, 6) is -1.75. The maximum absolute atomic E-state index is 13.9. The molecule has 0 fully saturated rings. The number of nitrogens with zero attached hydrogens (tertiary/aromatic N) is 3. The van der Waals surface area contributed by atoms with Crippen LogP contribution in [0.4, 0.5) is 4.39 Å². The fraction of sp³-hybridized carbons (Fsp3) is 0. The number of aromatic carboxylic acids is 1. The SMILES string of the molecule is O=C(O)c1ccc(Sc2nnc3ccccn23)c(F)c1. The summed E-state index contributed by atoms with van der Waals surface area (Å²) in [6.07, 6.45) is 1.78. The lowest BCUT2D eigenvalue weighted by molar-refractivity contribution is 0.0696. The zero-order valence-electron chi connectivity index (χ0n) is 10.0. The Labute approximate surface area is 117 Å². The van der Waals surface area contributed by atoms with Crippen molar-refractivity contribution in [2.45, 2.75) is 10.1 Å². The molecule has 0 aliphatic heterocycles. The third-order valence-electron chi connectivity index (χ3n) is 2.66. The molecule has 0 bridgehead atoms. The first-order valence-corrected chi connectivity index (χ1v) is 6.47. The Balaban J connectivity index is 1.97. The van der Waals surface area contributed by atoms with E-state index in [1.54, 1.807) is 16.7 Å². The minimum Gasteiger partial charge on any atom is -0.478 e. The highest BCUT2D eigenvalue weighted by Gasteiger charge is 2.12. The first-order chi connectivity index (χ1) is 9.65. The van der Waals surface area contributed by atoms with Crippen molar-refractivity contribution in [3.05, 3.63) is 54.0 Å². The van der Waals surface area contributed by atoms with Crippen LogP contribution < -0.4 is 0 Å². The summed E-state index contributed by atoms with van der Waals surface area (Å²) in [7, 11) is 0. The van der Waals surface area contributed by atoms with Gasteiger partial charge in [-0.05, 0) is 42.1 Å². The maximum atomic E-state index is 13.9. The summed E-state index contributed by atoms with van der Waals surface area (Å²) in [4.78, 5) is 11.1. The second kappa shape index (κ2) is 4.93. The van der Waals surface area contributed by atoms with E-state index in [0.717, 1.165) is 17.8 Å². The molecule has 2 aromatic heterocycles. The van der Waals surface area contributed by atoms with Crippen molar-refractivity contribution in [1.29, 1.82) is 0 Å². The zero-order chi connectivity index (χ0) is 14.1. The topological polar surface area (TPSA) is 67.5 Å². The van der Waals surface area contributed by atoms with Crippen LogP contribution in [0.5, 0.6) is 0 Å². The molecule has 0 spiro atoms. The molecule has 0 aliphatic rings. The van der Waals surface area contributed by atoms with Crippen molar-refractivity contribution in [3.8, 4) is 0 Å². The number of pyridine rings is 1. The van der Waals surface area contributed by atoms with Crippen LogP contribution in [-0.2, 0) is 0 Å². The van der Waals surface area contributed by atoms with E-state index in [1.807, 2.05) is 12.1 Å². The molecule has 0 atom stereocenters. The average molecular weight is 289 g/mol. The van der Waals surface area contributed by atoms with E-state index in [0.29, 0.717) is 15.7 Å². The molecule has 0 aliphatic carbocycles. The molecular formula is C13H8FN3O2S. The minimum atomic E-state index is -1.16. The molecule has 0 unspecified atom stereocenters. The third kappa shape index (κ3) is 2.23. The van der Waals surface area contributed by atoms with Gasteiger partial charge in [-0.15, -0.1) is 10.2 Å². The van der Waals surface area contributed by atoms with E-state index >= 15 is 0 Å². The fourth-order valence-electron chi connectivity index (χ4n) is 1.70. The van der Waals surface area contributed by atoms with Crippen molar-refractivity contribution < 1.29 is 14.3 Å². The van der Waals surface area contributed by atoms with Crippen LogP contribution in [0, 0.1) is 5.82 Å². The molecule has 0 radical (unpaired) electrons. The number of hydrogen-bond acceptors (Lipinski definition) is 4. The number of rotatable bonds is 3. The number of carboxylic acids is 1. The Kier molecular flexibility index (Phi) is 3.11. The summed E-state index contributed by atoms with van der Waals surface area (Å²) >= 11 is 1.09. The minimum absolute atomic E-state index is 0.0852. The van der Waals surface area contributed by atoms with Crippen molar-refractivity contribution in [2.75, 3.05) is 0 Å². The highest BCUT2D eigenvalue weighted by atomic mass is 32.2. The van der Waals surface area contributed by atoms with Gasteiger partial charge in [0, 0.05) is 6.20 Å². The summed E-state index contributed by atoms with van der Waals surface area (Å²) in [5, 5.41) is 17.3. The van der Waals surface area contributed by atoms with Gasteiger partial charge in [0.05, 0.1) is 10.5 Å². The van der Waals surface area contributed by atoms with Gasteiger partial charge >= 0.3 is 5.97 Å². The van der Waals surface area contributed by atoms with E-state index in [4.69, 9.17) is 5.11 Å². The lowest BCUT2D eigenvalue weighted by atomic mass is 10.2. The van der Waals surface area contributed by atoms with E-state index in [9.17, 15) is 9.18 Å². The monoisotopic (exact) mass is 289 g/mol. The van der Waals surface area contributed by atoms with Crippen molar-refractivity contribution >= 4 is 23.4 Å². The Morgan fingerprint density at radius 2 is 2.10 bits per heavy atom. The number of halogens is 1. The first-order valence-electron chi connectivity index (χ1n) is 5.65. The third-order valence-corrected chi connectivity index (χ3v) is 3.67. The van der Waals surface area contributed by atoms with Crippen molar-refractivity contribution in [2.24, 2.45) is 0 Å². The largest absolute Gasteiger partial charge is 0.478 e. The number of carboxylic acid groups (broad SMARTS) is 1. The van der Waals surface area contributed by atoms with Gasteiger partial charge in [0.2, 0.25) is 5.16 Å². The second-order valence-corrected chi connectivity index (χ2v) is 4.97. The number of aromatic nitrogens is 3. The molecule has 5 nitrogen and oxygen atoms in total. The predicted molar refractivity (Wildman–Crippen MR) is 70.5 cm³/mol. The van der Waals surface area contributed by atoms with Gasteiger partial charge in [-0.3, -0.25) is 4.40 Å². The Bertz CT molecular complexity index is 803. The molecule has 0 saturated heterocycles. The summed E-state index contributed by atoms with van der Waals surface area (Å²) < 4.78 is 15.6. The molecule has 1 N–H and O–H groups in total. The number of hydrogen-bond donors (Lipinski definition) is 1. The fourth-order valence-corrected chi connectivity index (χ4v) is 2.53. The van der Waals surface area contributed by atoms with E-state index in [2.05, 4.69) is 10.2 Å². The Morgan fingerprint density at radius 3 is 2.85 bits per heavy atom. The van der Waals surface area contributed by atoms with Crippen LogP contribution >= 0.6 is 11.8 Å². The van der Waals surface area contributed by atoms with Crippen LogP contribution in [0.15, 0.2) is 52.6 Å². The first kappa shape index (κ1) is 12.6. The normalized spacial score (nSPS) is 10.8. The quantitative estimate of drug-likeness (QED) is 0.803. The van der Waals surface area contributed by atoms with E-state index < -0.39 is 11.8 Å². The predicted octanol–water partition coefficient (Wildman–Crippen LogP) is 2.72. The Morgan fingerprint density at radius 1 is 1.25 bits per heavy atom. The van der Waals surface area contributed by atoms with Gasteiger partial charge in [-0.2, -0.15) is 0 Å². The molecule has 2 heterocycles. The number of fused-ring (bicyclic) bond motifs is 1. The highest BCUT2D eigenvalue weighted by molar-refractivity contribution is 7.99. The molecule has 7 heteroatoms.